The fraction of sp³-hybridized carbons (Fsp3) is 0.923. The van der Waals surface area contributed by atoms with Gasteiger partial charge in [-0.3, -0.25) is 0 Å². The van der Waals surface area contributed by atoms with Crippen LogP contribution in [0.2, 0.25) is 19.4 Å². The topological polar surface area (TPSA) is 59.0 Å². The molecule has 0 aromatic rings. The Morgan fingerprint density at radius 2 is 1.95 bits per heavy atom. The molecule has 118 valence electrons. The van der Waals surface area contributed by atoms with Crippen LogP contribution in [0, 0.1) is 0 Å². The van der Waals surface area contributed by atoms with Crippen molar-refractivity contribution in [3.63, 3.8) is 0 Å². The smallest absolute Gasteiger partial charge is 0.433 e. The Bertz CT molecular complexity index is 307. The van der Waals surface area contributed by atoms with Crippen LogP contribution >= 0.6 is 0 Å². The number of rotatable bonds is 7. The van der Waals surface area contributed by atoms with E-state index in [-0.39, 0.29) is 6.61 Å². The minimum Gasteiger partial charge on any atom is -0.442 e. The molecule has 1 amide bonds. The highest BCUT2D eigenvalue weighted by atomic mass is 28.3. The monoisotopic (exact) mass is 303 g/mol. The summed E-state index contributed by atoms with van der Waals surface area (Å²) in [4.78, 5) is 12.2. The van der Waals surface area contributed by atoms with Crippen molar-refractivity contribution in [1.82, 2.24) is 5.06 Å². The Balaban J connectivity index is 4.85. The van der Waals surface area contributed by atoms with Crippen LogP contribution in [0.25, 0.3) is 0 Å². The molecule has 0 radical (unpaired) electrons. The van der Waals surface area contributed by atoms with Crippen molar-refractivity contribution < 1.29 is 19.2 Å². The van der Waals surface area contributed by atoms with Gasteiger partial charge in [-0.05, 0) is 40.8 Å². The Labute approximate surface area is 124 Å². The fourth-order valence-electron chi connectivity index (χ4n) is 1.60. The molecule has 0 aliphatic rings. The van der Waals surface area contributed by atoms with Gasteiger partial charge < -0.3 is 14.4 Å². The Morgan fingerprint density at radius 1 is 1.40 bits per heavy atom. The van der Waals surface area contributed by atoms with E-state index in [0.717, 1.165) is 19.6 Å². The molecule has 20 heavy (non-hydrogen) atoms. The molecule has 0 fully saturated rings. The van der Waals surface area contributed by atoms with E-state index in [1.165, 1.54) is 5.06 Å². The lowest BCUT2D eigenvalue weighted by Crippen LogP contribution is -2.52. The van der Waals surface area contributed by atoms with Crippen LogP contribution < -0.4 is 0 Å². The number of carbonyl (C=O) groups is 1. The lowest BCUT2D eigenvalue weighted by molar-refractivity contribution is -0.106. The molecule has 0 rings (SSSR count). The van der Waals surface area contributed by atoms with Crippen molar-refractivity contribution in [3.05, 3.63) is 0 Å². The second kappa shape index (κ2) is 8.05. The van der Waals surface area contributed by atoms with Crippen molar-refractivity contribution in [2.24, 2.45) is 0 Å². The van der Waals surface area contributed by atoms with E-state index < -0.39 is 25.9 Å². The quantitative estimate of drug-likeness (QED) is 0.580. The van der Waals surface area contributed by atoms with Gasteiger partial charge in [0.25, 0.3) is 0 Å². The summed E-state index contributed by atoms with van der Waals surface area (Å²) in [5.41, 5.74) is -0.580. The Hall–Kier alpha value is -0.528. The third kappa shape index (κ3) is 7.92. The van der Waals surface area contributed by atoms with Crippen LogP contribution in [0.4, 0.5) is 4.79 Å². The second-order valence-corrected chi connectivity index (χ2v) is 11.0. The number of nitrogens with zero attached hydrogens (tertiary/aromatic N) is 1. The molecule has 0 saturated carbocycles. The van der Waals surface area contributed by atoms with Crippen LogP contribution in [0.3, 0.4) is 0 Å². The van der Waals surface area contributed by atoms with Crippen molar-refractivity contribution in [3.8, 4) is 0 Å². The summed E-state index contributed by atoms with van der Waals surface area (Å²) in [5, 5.41) is 10.5. The van der Waals surface area contributed by atoms with Crippen LogP contribution in [-0.4, -0.2) is 49.6 Å². The molecule has 0 unspecified atom stereocenters. The zero-order valence-electron chi connectivity index (χ0n) is 14.0. The summed E-state index contributed by atoms with van der Waals surface area (Å²) in [6.45, 7) is 14.3. The van der Waals surface area contributed by atoms with E-state index in [2.05, 4.69) is 20.0 Å². The molecule has 0 aliphatic heterocycles. The molecule has 7 heteroatoms. The number of amides is 1. The van der Waals surface area contributed by atoms with Gasteiger partial charge in [0.15, 0.2) is 15.1 Å². The van der Waals surface area contributed by atoms with Gasteiger partial charge in [-0.2, -0.15) is 5.06 Å². The molecule has 1 N–H and O–H groups in total. The van der Waals surface area contributed by atoms with Crippen LogP contribution in [0.1, 0.15) is 41.0 Å². The molecule has 0 aromatic carbocycles. The average Bonchev–Trinajstić information content (AvgIpc) is 2.30. The Kier molecular flexibility index (Phi) is 7.83. The van der Waals surface area contributed by atoms with Gasteiger partial charge in [0.1, 0.15) is 5.60 Å². The van der Waals surface area contributed by atoms with Gasteiger partial charge in [-0.15, -0.1) is 0 Å². The normalized spacial score (nSPS) is 13.8. The molecule has 1 atom stereocenters. The van der Waals surface area contributed by atoms with E-state index in [9.17, 15) is 9.90 Å². The van der Waals surface area contributed by atoms with E-state index in [1.54, 1.807) is 6.92 Å². The summed E-state index contributed by atoms with van der Waals surface area (Å²) in [7, 11) is -1.99. The van der Waals surface area contributed by atoms with Crippen molar-refractivity contribution >= 4 is 21.2 Å². The maximum absolute atomic E-state index is 12.2. The van der Waals surface area contributed by atoms with Gasteiger partial charge in [0, 0.05) is 0 Å². The van der Waals surface area contributed by atoms with Gasteiger partial charge >= 0.3 is 6.09 Å². The van der Waals surface area contributed by atoms with Crippen molar-refractivity contribution in [2.45, 2.75) is 72.1 Å². The predicted molar refractivity (Wildman–Crippen MR) is 85.4 cm³/mol. The molecular formula is C13H30BNO4Si. The van der Waals surface area contributed by atoms with Crippen molar-refractivity contribution in [1.29, 1.82) is 0 Å². The number of carbonyl (C=O) groups excluding carboxylic acids is 1. The third-order valence-corrected chi connectivity index (χ3v) is 4.96. The lowest BCUT2D eigenvalue weighted by Gasteiger charge is -2.35. The number of ether oxygens (including phenoxy) is 1. The standard InChI is InChI=1S/C13H30BNO4Si/c1-8-9-14-20(6,7)19-15(11(2)10-16)12(17)18-13(3,4)5/h11,14,16H,8-10H2,1-7H3/t11-/m0/s1. The summed E-state index contributed by atoms with van der Waals surface area (Å²) < 4.78 is 11.3. The number of aliphatic hydroxyl groups excluding tert-OH is 1. The summed E-state index contributed by atoms with van der Waals surface area (Å²) >= 11 is 0. The molecule has 0 aromatic heterocycles. The molecule has 5 nitrogen and oxygen atoms in total. The van der Waals surface area contributed by atoms with E-state index in [1.807, 2.05) is 20.8 Å². The maximum Gasteiger partial charge on any atom is 0.433 e. The molecule has 0 aliphatic carbocycles. The van der Waals surface area contributed by atoms with Gasteiger partial charge in [0.2, 0.25) is 0 Å². The number of aliphatic hydroxyl groups is 1. The van der Waals surface area contributed by atoms with Gasteiger partial charge in [-0.1, -0.05) is 19.7 Å². The van der Waals surface area contributed by atoms with Crippen LogP contribution in [0.5, 0.6) is 0 Å². The highest BCUT2D eigenvalue weighted by Crippen LogP contribution is 2.16. The van der Waals surface area contributed by atoms with Gasteiger partial charge in [-0.25, -0.2) is 4.79 Å². The first kappa shape index (κ1) is 19.5. The minimum absolute atomic E-state index is 0.155. The highest BCUT2D eigenvalue weighted by molar-refractivity contribution is 7.20. The minimum atomic E-state index is -1.99. The SMILES string of the molecule is CCCB[Si](C)(C)ON(C(=O)OC(C)(C)C)[C@@H](C)CO. The fourth-order valence-corrected chi connectivity index (χ4v) is 3.69. The molecule has 0 bridgehead atoms. The zero-order valence-corrected chi connectivity index (χ0v) is 15.0. The van der Waals surface area contributed by atoms with Crippen molar-refractivity contribution in [2.75, 3.05) is 6.61 Å². The summed E-state index contributed by atoms with van der Waals surface area (Å²) in [6, 6.07) is -0.418. The molecule has 0 spiro atoms. The van der Waals surface area contributed by atoms with E-state index >= 15 is 0 Å². The lowest BCUT2D eigenvalue weighted by atomic mass is 10.0. The Morgan fingerprint density at radius 3 is 2.35 bits per heavy atom. The molecule has 0 heterocycles. The molecular weight excluding hydrogens is 273 g/mol. The number of hydrogen-bond acceptors (Lipinski definition) is 4. The van der Waals surface area contributed by atoms with E-state index in [0.29, 0.717) is 0 Å². The van der Waals surface area contributed by atoms with Crippen LogP contribution in [0.15, 0.2) is 0 Å². The van der Waals surface area contributed by atoms with Crippen LogP contribution in [-0.2, 0) is 9.26 Å². The highest BCUT2D eigenvalue weighted by Gasteiger charge is 2.34. The summed E-state index contributed by atoms with van der Waals surface area (Å²) in [5.74, 6) is 0. The number of hydrogen-bond donors (Lipinski definition) is 1. The van der Waals surface area contributed by atoms with E-state index in [4.69, 9.17) is 9.26 Å². The zero-order chi connectivity index (χ0) is 16.0. The summed E-state index contributed by atoms with van der Waals surface area (Å²) in [6.07, 6.45) is 1.65. The number of hydroxylamine groups is 2. The molecule has 0 saturated heterocycles. The first-order chi connectivity index (χ1) is 9.02. The first-order valence-electron chi connectivity index (χ1n) is 7.34. The second-order valence-electron chi connectivity index (χ2n) is 6.79. The maximum atomic E-state index is 12.2. The largest absolute Gasteiger partial charge is 0.442 e. The van der Waals surface area contributed by atoms with Gasteiger partial charge in [0.05, 0.1) is 12.6 Å². The third-order valence-electron chi connectivity index (χ3n) is 2.72. The average molecular weight is 303 g/mol. The predicted octanol–water partition coefficient (Wildman–Crippen LogP) is 2.50. The first-order valence-corrected chi connectivity index (χ1v) is 10.5.